The van der Waals surface area contributed by atoms with Crippen molar-refractivity contribution < 1.29 is 14.3 Å². The van der Waals surface area contributed by atoms with Crippen molar-refractivity contribution in [3.05, 3.63) is 65.5 Å². The minimum Gasteiger partial charge on any atom is -0.508 e. The maximum Gasteiger partial charge on any atom is 0.315 e. The summed E-state index contributed by atoms with van der Waals surface area (Å²) in [6.07, 6.45) is 2.31. The Morgan fingerprint density at radius 3 is 2.29 bits per heavy atom. The van der Waals surface area contributed by atoms with Crippen LogP contribution >= 0.6 is 0 Å². The van der Waals surface area contributed by atoms with E-state index >= 15 is 0 Å². The van der Waals surface area contributed by atoms with Gasteiger partial charge in [-0.2, -0.15) is 0 Å². The van der Waals surface area contributed by atoms with Crippen molar-refractivity contribution in [1.29, 1.82) is 0 Å². The SMILES string of the molecule is C[C@H](CCc1ccc(O)cc1)NC(=O)NCCc1ccc(F)cc1. The second-order valence-corrected chi connectivity index (χ2v) is 5.88. The van der Waals surface area contributed by atoms with Gasteiger partial charge >= 0.3 is 6.03 Å². The highest BCUT2D eigenvalue weighted by Crippen LogP contribution is 2.11. The Balaban J connectivity index is 1.64. The zero-order chi connectivity index (χ0) is 17.4. The molecule has 0 bridgehead atoms. The van der Waals surface area contributed by atoms with Gasteiger partial charge in [-0.15, -0.1) is 0 Å². The van der Waals surface area contributed by atoms with Crippen LogP contribution in [0.3, 0.4) is 0 Å². The zero-order valence-corrected chi connectivity index (χ0v) is 13.8. The van der Waals surface area contributed by atoms with Crippen molar-refractivity contribution in [1.82, 2.24) is 10.6 Å². The first kappa shape index (κ1) is 17.8. The predicted octanol–water partition coefficient (Wildman–Crippen LogP) is 3.39. The summed E-state index contributed by atoms with van der Waals surface area (Å²) in [4.78, 5) is 11.8. The van der Waals surface area contributed by atoms with Crippen LogP contribution in [0.2, 0.25) is 0 Å². The van der Waals surface area contributed by atoms with Crippen molar-refractivity contribution in [2.75, 3.05) is 6.54 Å². The van der Waals surface area contributed by atoms with Crippen LogP contribution in [-0.2, 0) is 12.8 Å². The third-order valence-corrected chi connectivity index (χ3v) is 3.79. The van der Waals surface area contributed by atoms with E-state index < -0.39 is 0 Å². The number of hydrogen-bond acceptors (Lipinski definition) is 2. The quantitative estimate of drug-likeness (QED) is 0.729. The van der Waals surface area contributed by atoms with E-state index in [9.17, 15) is 14.3 Å². The van der Waals surface area contributed by atoms with E-state index in [1.54, 1.807) is 24.3 Å². The van der Waals surface area contributed by atoms with Crippen LogP contribution in [0.15, 0.2) is 48.5 Å². The number of urea groups is 1. The van der Waals surface area contributed by atoms with E-state index in [1.165, 1.54) is 12.1 Å². The highest BCUT2D eigenvalue weighted by molar-refractivity contribution is 5.74. The van der Waals surface area contributed by atoms with Gasteiger partial charge in [-0.1, -0.05) is 24.3 Å². The van der Waals surface area contributed by atoms with Crippen molar-refractivity contribution in [3.8, 4) is 5.75 Å². The van der Waals surface area contributed by atoms with Crippen LogP contribution in [-0.4, -0.2) is 23.7 Å². The zero-order valence-electron chi connectivity index (χ0n) is 13.8. The third-order valence-electron chi connectivity index (χ3n) is 3.79. The first-order valence-electron chi connectivity index (χ1n) is 8.09. The van der Waals surface area contributed by atoms with E-state index in [0.717, 1.165) is 24.0 Å². The summed E-state index contributed by atoms with van der Waals surface area (Å²) in [6.45, 7) is 2.46. The molecule has 0 aliphatic carbocycles. The smallest absolute Gasteiger partial charge is 0.315 e. The summed E-state index contributed by atoms with van der Waals surface area (Å²) in [6, 6.07) is 13.2. The molecule has 128 valence electrons. The lowest BCUT2D eigenvalue weighted by Gasteiger charge is -2.14. The topological polar surface area (TPSA) is 61.4 Å². The number of benzene rings is 2. The highest BCUT2D eigenvalue weighted by atomic mass is 19.1. The Morgan fingerprint density at radius 2 is 1.62 bits per heavy atom. The first-order chi connectivity index (χ1) is 11.5. The molecule has 4 nitrogen and oxygen atoms in total. The van der Waals surface area contributed by atoms with Gasteiger partial charge in [0.15, 0.2) is 0 Å². The van der Waals surface area contributed by atoms with Gasteiger partial charge in [0.05, 0.1) is 0 Å². The number of rotatable bonds is 7. The molecule has 0 aliphatic heterocycles. The number of aryl methyl sites for hydroxylation is 1. The lowest BCUT2D eigenvalue weighted by Crippen LogP contribution is -2.41. The Bertz CT molecular complexity index is 641. The lowest BCUT2D eigenvalue weighted by atomic mass is 10.1. The maximum atomic E-state index is 12.8. The molecular formula is C19H23FN2O2. The number of nitrogens with one attached hydrogen (secondary N) is 2. The summed E-state index contributed by atoms with van der Waals surface area (Å²) < 4.78 is 12.8. The van der Waals surface area contributed by atoms with E-state index in [0.29, 0.717) is 13.0 Å². The number of aromatic hydroxyl groups is 1. The van der Waals surface area contributed by atoms with E-state index in [-0.39, 0.29) is 23.6 Å². The molecule has 0 aromatic heterocycles. The number of halogens is 1. The van der Waals surface area contributed by atoms with E-state index in [2.05, 4.69) is 10.6 Å². The number of hydrogen-bond donors (Lipinski definition) is 3. The molecule has 2 aromatic carbocycles. The largest absolute Gasteiger partial charge is 0.508 e. The van der Waals surface area contributed by atoms with Gasteiger partial charge in [-0.25, -0.2) is 9.18 Å². The molecule has 0 heterocycles. The molecule has 0 saturated carbocycles. The van der Waals surface area contributed by atoms with Gasteiger partial charge in [0.2, 0.25) is 0 Å². The number of carbonyl (C=O) groups is 1. The molecular weight excluding hydrogens is 307 g/mol. The van der Waals surface area contributed by atoms with Gasteiger partial charge in [0.25, 0.3) is 0 Å². The van der Waals surface area contributed by atoms with Gasteiger partial charge in [-0.3, -0.25) is 0 Å². The van der Waals surface area contributed by atoms with Gasteiger partial charge in [0.1, 0.15) is 11.6 Å². The van der Waals surface area contributed by atoms with Gasteiger partial charge < -0.3 is 15.7 Å². The molecule has 2 amide bonds. The monoisotopic (exact) mass is 330 g/mol. The highest BCUT2D eigenvalue weighted by Gasteiger charge is 2.07. The summed E-state index contributed by atoms with van der Waals surface area (Å²) in [5.74, 6) is -0.00244. The van der Waals surface area contributed by atoms with Crippen LogP contribution in [0.1, 0.15) is 24.5 Å². The molecule has 5 heteroatoms. The van der Waals surface area contributed by atoms with E-state index in [4.69, 9.17) is 0 Å². The fraction of sp³-hybridized carbons (Fsp3) is 0.316. The predicted molar refractivity (Wildman–Crippen MR) is 92.5 cm³/mol. The summed E-state index contributed by atoms with van der Waals surface area (Å²) in [5.41, 5.74) is 2.11. The second-order valence-electron chi connectivity index (χ2n) is 5.88. The fourth-order valence-electron chi connectivity index (χ4n) is 2.36. The van der Waals surface area contributed by atoms with Crippen LogP contribution in [0.4, 0.5) is 9.18 Å². The summed E-state index contributed by atoms with van der Waals surface area (Å²) in [7, 11) is 0. The Labute approximate surface area is 141 Å². The Morgan fingerprint density at radius 1 is 1.04 bits per heavy atom. The molecule has 2 aromatic rings. The molecule has 0 aliphatic rings. The lowest BCUT2D eigenvalue weighted by molar-refractivity contribution is 0.237. The van der Waals surface area contributed by atoms with Crippen molar-refractivity contribution in [2.24, 2.45) is 0 Å². The number of phenolic OH excluding ortho intramolecular Hbond substituents is 1. The van der Waals surface area contributed by atoms with Crippen molar-refractivity contribution in [2.45, 2.75) is 32.2 Å². The van der Waals surface area contributed by atoms with Crippen molar-refractivity contribution in [3.63, 3.8) is 0 Å². The Hall–Kier alpha value is -2.56. The van der Waals surface area contributed by atoms with Crippen LogP contribution in [0, 0.1) is 5.82 Å². The average Bonchev–Trinajstić information content (AvgIpc) is 2.56. The second kappa shape index (κ2) is 8.91. The third kappa shape index (κ3) is 6.28. The summed E-state index contributed by atoms with van der Waals surface area (Å²) in [5, 5.41) is 15.0. The maximum absolute atomic E-state index is 12.8. The molecule has 2 rings (SSSR count). The molecule has 0 saturated heterocycles. The number of carbonyl (C=O) groups excluding carboxylic acids is 1. The normalized spacial score (nSPS) is 11.8. The number of phenols is 1. The molecule has 0 fully saturated rings. The standard InChI is InChI=1S/C19H23FN2O2/c1-14(2-3-15-6-10-18(23)11-7-15)22-19(24)21-13-12-16-4-8-17(20)9-5-16/h4-11,14,23H,2-3,12-13H2,1H3,(H2,21,22,24)/t14-/m1/s1. The van der Waals surface area contributed by atoms with Crippen LogP contribution < -0.4 is 10.6 Å². The molecule has 3 N–H and O–H groups in total. The number of amides is 2. The summed E-state index contributed by atoms with van der Waals surface area (Å²) >= 11 is 0. The average molecular weight is 330 g/mol. The molecule has 0 radical (unpaired) electrons. The van der Waals surface area contributed by atoms with E-state index in [1.807, 2.05) is 19.1 Å². The van der Waals surface area contributed by atoms with Crippen LogP contribution in [0.25, 0.3) is 0 Å². The van der Waals surface area contributed by atoms with Crippen molar-refractivity contribution >= 4 is 6.03 Å². The minimum atomic E-state index is -0.257. The molecule has 0 spiro atoms. The Kier molecular flexibility index (Phi) is 6.61. The first-order valence-corrected chi connectivity index (χ1v) is 8.09. The minimum absolute atomic E-state index is 0.0459. The van der Waals surface area contributed by atoms with Crippen LogP contribution in [0.5, 0.6) is 5.75 Å². The molecule has 1 atom stereocenters. The van der Waals surface area contributed by atoms with Gasteiger partial charge in [0, 0.05) is 12.6 Å². The van der Waals surface area contributed by atoms with Gasteiger partial charge in [-0.05, 0) is 61.6 Å². The fourth-order valence-corrected chi connectivity index (χ4v) is 2.36. The molecule has 0 unspecified atom stereocenters. The molecule has 24 heavy (non-hydrogen) atoms.